The molecule has 0 aliphatic carbocycles. The molecule has 0 radical (unpaired) electrons. The summed E-state index contributed by atoms with van der Waals surface area (Å²) in [5.74, 6) is 0.174. The molecular weight excluding hydrogens is 337 g/mol. The molecule has 2 unspecified atom stereocenters. The Labute approximate surface area is 151 Å². The zero-order chi connectivity index (χ0) is 17.6. The van der Waals surface area contributed by atoms with Gasteiger partial charge >= 0.3 is 0 Å². The molecule has 1 N–H and O–H groups in total. The van der Waals surface area contributed by atoms with Crippen LogP contribution in [0.2, 0.25) is 0 Å². The maximum Gasteiger partial charge on any atom is 0.153 e. The molecule has 1 aliphatic rings. The molecule has 1 heterocycles. The van der Waals surface area contributed by atoms with Gasteiger partial charge < -0.3 is 9.66 Å². The van der Waals surface area contributed by atoms with E-state index in [1.54, 1.807) is 24.3 Å². The van der Waals surface area contributed by atoms with E-state index in [0.717, 1.165) is 29.8 Å². The highest BCUT2D eigenvalue weighted by atomic mass is 32.2. The summed E-state index contributed by atoms with van der Waals surface area (Å²) in [6.45, 7) is 1.87. The Hall–Kier alpha value is -1.56. The van der Waals surface area contributed by atoms with Crippen LogP contribution in [0.3, 0.4) is 0 Å². The molecule has 0 amide bonds. The normalized spacial score (nSPS) is 20.5. The summed E-state index contributed by atoms with van der Waals surface area (Å²) < 4.78 is 26.9. The molecule has 0 aromatic heterocycles. The van der Waals surface area contributed by atoms with Gasteiger partial charge in [0.25, 0.3) is 0 Å². The Balaban J connectivity index is 1.45. The number of hydrogen-bond donors (Lipinski definition) is 1. The average molecular weight is 361 g/mol. The number of benzene rings is 2. The summed E-state index contributed by atoms with van der Waals surface area (Å²) in [6, 6.07) is 16.5. The fraction of sp³-hybridized carbons (Fsp3) is 0.400. The van der Waals surface area contributed by atoms with Crippen molar-refractivity contribution in [3.05, 3.63) is 60.2 Å². The minimum absolute atomic E-state index is 0.0332. The van der Waals surface area contributed by atoms with Crippen molar-refractivity contribution in [1.82, 2.24) is 4.90 Å². The zero-order valence-corrected chi connectivity index (χ0v) is 15.0. The van der Waals surface area contributed by atoms with Crippen molar-refractivity contribution >= 4 is 11.2 Å². The summed E-state index contributed by atoms with van der Waals surface area (Å²) in [6.07, 6.45) is 1.23. The molecule has 1 fully saturated rings. The number of nitrogens with zero attached hydrogens (tertiary/aromatic N) is 1. The molecule has 0 saturated carbocycles. The van der Waals surface area contributed by atoms with Gasteiger partial charge in [0.05, 0.1) is 0 Å². The first-order valence-electron chi connectivity index (χ1n) is 8.72. The lowest BCUT2D eigenvalue weighted by Crippen LogP contribution is -2.31. The molecule has 5 heteroatoms. The third-order valence-corrected chi connectivity index (χ3v) is 6.37. The highest BCUT2D eigenvalue weighted by molar-refractivity contribution is 7.92. The Morgan fingerprint density at radius 3 is 2.60 bits per heavy atom. The van der Waals surface area contributed by atoms with Crippen LogP contribution in [0, 0.1) is 0 Å². The number of rotatable bonds is 7. The molecule has 3 atom stereocenters. The van der Waals surface area contributed by atoms with Gasteiger partial charge in [-0.05, 0) is 53.8 Å². The number of likely N-dealkylation sites (tertiary alicyclic amines) is 1. The van der Waals surface area contributed by atoms with E-state index in [-0.39, 0.29) is 11.0 Å². The van der Waals surface area contributed by atoms with E-state index in [4.69, 9.17) is 0 Å². The zero-order valence-electron chi connectivity index (χ0n) is 14.2. The number of alkyl halides is 1. The Bertz CT molecular complexity index is 653. The van der Waals surface area contributed by atoms with Gasteiger partial charge in [-0.3, -0.25) is 4.90 Å². The van der Waals surface area contributed by atoms with Crippen molar-refractivity contribution in [3.63, 3.8) is 0 Å². The highest BCUT2D eigenvalue weighted by Crippen LogP contribution is 2.25. The monoisotopic (exact) mass is 361 g/mol. The van der Waals surface area contributed by atoms with Crippen LogP contribution in [-0.2, 0) is 17.6 Å². The average Bonchev–Trinajstić information content (AvgIpc) is 3.09. The second-order valence-electron chi connectivity index (χ2n) is 6.58. The van der Waals surface area contributed by atoms with E-state index in [2.05, 4.69) is 4.90 Å². The topological polar surface area (TPSA) is 46.5 Å². The standard InChI is InChI=1S/C20H24FNO2S/c21-17(7-6-16-4-2-1-3-5-16)14-22-13-12-20(15-22)25(24)19-10-8-18(23)9-11-19/h1-5,8-11,17,20,23H,6-7,12-15H2/t17?,20-,25?/m1/s1. The third kappa shape index (κ3) is 5.21. The molecule has 2 aromatic carbocycles. The first-order chi connectivity index (χ1) is 12.1. The predicted octanol–water partition coefficient (Wildman–Crippen LogP) is 3.55. The minimum Gasteiger partial charge on any atom is -0.611 e. The summed E-state index contributed by atoms with van der Waals surface area (Å²) >= 11 is -1.11. The molecule has 2 aromatic rings. The Morgan fingerprint density at radius 2 is 1.88 bits per heavy atom. The second kappa shape index (κ2) is 8.70. The van der Waals surface area contributed by atoms with E-state index >= 15 is 0 Å². The van der Waals surface area contributed by atoms with Gasteiger partial charge in [-0.25, -0.2) is 4.39 Å². The van der Waals surface area contributed by atoms with Crippen LogP contribution in [0.4, 0.5) is 4.39 Å². The van der Waals surface area contributed by atoms with Gasteiger partial charge in [0.15, 0.2) is 4.90 Å². The summed E-state index contributed by atoms with van der Waals surface area (Å²) in [5, 5.41) is 9.36. The second-order valence-corrected chi connectivity index (χ2v) is 8.32. The van der Waals surface area contributed by atoms with Gasteiger partial charge in [0.1, 0.15) is 17.2 Å². The quantitative estimate of drug-likeness (QED) is 0.767. The molecule has 1 aliphatic heterocycles. The molecule has 0 bridgehead atoms. The van der Waals surface area contributed by atoms with E-state index in [1.165, 1.54) is 0 Å². The van der Waals surface area contributed by atoms with Crippen LogP contribution in [0.25, 0.3) is 0 Å². The number of halogens is 1. The minimum atomic E-state index is -1.11. The molecule has 1 saturated heterocycles. The Kier molecular flexibility index (Phi) is 6.34. The molecule has 134 valence electrons. The molecular formula is C20H24FNO2S. The Morgan fingerprint density at radius 1 is 1.16 bits per heavy atom. The van der Waals surface area contributed by atoms with Crippen molar-refractivity contribution < 1.29 is 14.0 Å². The highest BCUT2D eigenvalue weighted by Gasteiger charge is 2.33. The lowest BCUT2D eigenvalue weighted by Gasteiger charge is -2.20. The first kappa shape index (κ1) is 18.2. The van der Waals surface area contributed by atoms with Crippen LogP contribution in [0.15, 0.2) is 59.5 Å². The fourth-order valence-corrected chi connectivity index (χ4v) is 4.70. The van der Waals surface area contributed by atoms with E-state index < -0.39 is 17.3 Å². The number of aromatic hydroxyl groups is 1. The van der Waals surface area contributed by atoms with Crippen LogP contribution in [0.1, 0.15) is 18.4 Å². The number of phenols is 1. The fourth-order valence-electron chi connectivity index (χ4n) is 3.25. The van der Waals surface area contributed by atoms with Gasteiger partial charge in [-0.15, -0.1) is 0 Å². The lowest BCUT2D eigenvalue weighted by molar-refractivity contribution is 0.211. The first-order valence-corrected chi connectivity index (χ1v) is 9.93. The van der Waals surface area contributed by atoms with Crippen molar-refractivity contribution in [3.8, 4) is 5.75 Å². The van der Waals surface area contributed by atoms with E-state index in [9.17, 15) is 14.0 Å². The van der Waals surface area contributed by atoms with Crippen LogP contribution in [0.5, 0.6) is 5.75 Å². The van der Waals surface area contributed by atoms with Gasteiger partial charge in [-0.2, -0.15) is 0 Å². The summed E-state index contributed by atoms with van der Waals surface area (Å²) in [5.41, 5.74) is 1.16. The summed E-state index contributed by atoms with van der Waals surface area (Å²) in [7, 11) is 0. The van der Waals surface area contributed by atoms with Gasteiger partial charge in [-0.1, -0.05) is 30.3 Å². The number of aryl methyl sites for hydroxylation is 1. The van der Waals surface area contributed by atoms with Crippen molar-refractivity contribution in [2.75, 3.05) is 19.6 Å². The molecule has 25 heavy (non-hydrogen) atoms. The molecule has 0 spiro atoms. The maximum absolute atomic E-state index is 14.3. The van der Waals surface area contributed by atoms with Gasteiger partial charge in [0.2, 0.25) is 0 Å². The molecule has 3 rings (SSSR count). The van der Waals surface area contributed by atoms with Crippen molar-refractivity contribution in [2.45, 2.75) is 35.6 Å². The lowest BCUT2D eigenvalue weighted by atomic mass is 10.1. The largest absolute Gasteiger partial charge is 0.611 e. The van der Waals surface area contributed by atoms with Crippen molar-refractivity contribution in [2.24, 2.45) is 0 Å². The predicted molar refractivity (Wildman–Crippen MR) is 99.0 cm³/mol. The SMILES string of the molecule is [O-][S+](c1ccc(O)cc1)[C@@H]1CCN(CC(F)CCc2ccccc2)C1. The van der Waals surface area contributed by atoms with Crippen LogP contribution < -0.4 is 0 Å². The van der Waals surface area contributed by atoms with Crippen LogP contribution >= 0.6 is 0 Å². The van der Waals surface area contributed by atoms with Gasteiger partial charge in [0, 0.05) is 26.1 Å². The summed E-state index contributed by atoms with van der Waals surface area (Å²) in [4.78, 5) is 2.81. The number of hydrogen-bond acceptors (Lipinski definition) is 3. The third-order valence-electron chi connectivity index (χ3n) is 4.65. The molecule has 3 nitrogen and oxygen atoms in total. The van der Waals surface area contributed by atoms with Crippen molar-refractivity contribution in [1.29, 1.82) is 0 Å². The number of phenolic OH excluding ortho intramolecular Hbond substituents is 1. The van der Waals surface area contributed by atoms with Crippen LogP contribution in [-0.4, -0.2) is 45.6 Å². The smallest absolute Gasteiger partial charge is 0.153 e. The maximum atomic E-state index is 14.3. The van der Waals surface area contributed by atoms with E-state index in [1.807, 2.05) is 30.3 Å². The van der Waals surface area contributed by atoms with E-state index in [0.29, 0.717) is 19.5 Å².